The normalized spacial score (nSPS) is 11.0. The molecule has 3 aromatic rings. The first kappa shape index (κ1) is 23.1. The van der Waals surface area contributed by atoms with Gasteiger partial charge in [-0.25, -0.2) is 14.5 Å². The lowest BCUT2D eigenvalue weighted by Crippen LogP contribution is -2.34. The van der Waals surface area contributed by atoms with Crippen molar-refractivity contribution in [1.82, 2.24) is 20.1 Å². The molecule has 0 spiro atoms. The van der Waals surface area contributed by atoms with Crippen molar-refractivity contribution in [2.45, 2.75) is 46.6 Å². The maximum Gasteiger partial charge on any atom is 0.319 e. The van der Waals surface area contributed by atoms with Gasteiger partial charge in [-0.3, -0.25) is 4.79 Å². The summed E-state index contributed by atoms with van der Waals surface area (Å²) in [5, 5.41) is 13.7. The SMILES string of the molecule is COc1nn(C)c2nc(C)c(CCC(=O)Nc3ccccc3NC(=O)NC(C)C)c(C)c12. The van der Waals surface area contributed by atoms with Crippen LogP contribution in [-0.4, -0.2) is 39.9 Å². The van der Waals surface area contributed by atoms with Gasteiger partial charge in [0.1, 0.15) is 0 Å². The zero-order valence-corrected chi connectivity index (χ0v) is 19.4. The molecule has 0 saturated heterocycles. The molecule has 9 nitrogen and oxygen atoms in total. The molecular formula is C23H30N6O3. The first-order valence-corrected chi connectivity index (χ1v) is 10.5. The third kappa shape index (κ3) is 4.99. The third-order valence-electron chi connectivity index (χ3n) is 5.19. The summed E-state index contributed by atoms with van der Waals surface area (Å²) in [6.45, 7) is 7.70. The van der Waals surface area contributed by atoms with Crippen LogP contribution in [-0.2, 0) is 18.3 Å². The molecule has 3 N–H and O–H groups in total. The Morgan fingerprint density at radius 3 is 2.41 bits per heavy atom. The highest BCUT2D eigenvalue weighted by Crippen LogP contribution is 2.30. The van der Waals surface area contributed by atoms with Crippen LogP contribution in [0, 0.1) is 13.8 Å². The van der Waals surface area contributed by atoms with Gasteiger partial charge < -0.3 is 20.7 Å². The van der Waals surface area contributed by atoms with Crippen molar-refractivity contribution >= 4 is 34.3 Å². The van der Waals surface area contributed by atoms with Crippen LogP contribution in [0.5, 0.6) is 5.88 Å². The smallest absolute Gasteiger partial charge is 0.319 e. The minimum absolute atomic E-state index is 0.00706. The molecule has 0 atom stereocenters. The fourth-order valence-electron chi connectivity index (χ4n) is 3.68. The number of rotatable bonds is 7. The number of hydrogen-bond donors (Lipinski definition) is 3. The highest BCUT2D eigenvalue weighted by atomic mass is 16.5. The van der Waals surface area contributed by atoms with Crippen LogP contribution in [0.15, 0.2) is 24.3 Å². The number of methoxy groups -OCH3 is 1. The number of nitrogens with one attached hydrogen (secondary N) is 3. The van der Waals surface area contributed by atoms with E-state index in [0.717, 1.165) is 27.9 Å². The molecule has 0 unspecified atom stereocenters. The Balaban J connectivity index is 1.74. The Morgan fingerprint density at radius 1 is 1.12 bits per heavy atom. The van der Waals surface area contributed by atoms with Crippen LogP contribution in [0.25, 0.3) is 11.0 Å². The second-order valence-electron chi connectivity index (χ2n) is 7.98. The van der Waals surface area contributed by atoms with E-state index in [1.54, 1.807) is 30.0 Å². The molecule has 0 fully saturated rings. The number of anilines is 2. The molecule has 0 saturated carbocycles. The number of carbonyl (C=O) groups is 2. The van der Waals surface area contributed by atoms with Gasteiger partial charge in [0, 0.05) is 25.2 Å². The molecule has 3 amide bonds. The molecule has 0 aliphatic carbocycles. The fraction of sp³-hybridized carbons (Fsp3) is 0.391. The summed E-state index contributed by atoms with van der Waals surface area (Å²) in [5.41, 5.74) is 4.71. The number of carbonyl (C=O) groups excluding carboxylic acids is 2. The number of urea groups is 1. The first-order valence-electron chi connectivity index (χ1n) is 10.5. The van der Waals surface area contributed by atoms with Crippen LogP contribution < -0.4 is 20.7 Å². The molecule has 3 rings (SSSR count). The van der Waals surface area contributed by atoms with E-state index >= 15 is 0 Å². The highest BCUT2D eigenvalue weighted by molar-refractivity contribution is 5.99. The van der Waals surface area contributed by atoms with Crippen molar-refractivity contribution in [2.24, 2.45) is 7.05 Å². The number of para-hydroxylation sites is 2. The average molecular weight is 439 g/mol. The van der Waals surface area contributed by atoms with E-state index in [0.29, 0.717) is 23.7 Å². The van der Waals surface area contributed by atoms with E-state index in [9.17, 15) is 9.59 Å². The summed E-state index contributed by atoms with van der Waals surface area (Å²) in [6, 6.07) is 6.80. The standard InChI is InChI=1S/C23H30N6O3/c1-13(2)24-23(31)27-18-10-8-7-9-17(18)26-19(30)12-11-16-14(3)20-21(25-15(16)4)29(5)28-22(20)32-6/h7-10,13H,11-12H2,1-6H3,(H,26,30)(H2,24,27,31). The molecule has 2 heterocycles. The summed E-state index contributed by atoms with van der Waals surface area (Å²) >= 11 is 0. The topological polar surface area (TPSA) is 110 Å². The summed E-state index contributed by atoms with van der Waals surface area (Å²) in [4.78, 5) is 29.4. The Labute approximate surface area is 187 Å². The van der Waals surface area contributed by atoms with Crippen molar-refractivity contribution in [3.8, 4) is 5.88 Å². The molecule has 1 aromatic carbocycles. The van der Waals surface area contributed by atoms with Gasteiger partial charge in [-0.15, -0.1) is 5.10 Å². The number of aryl methyl sites for hydroxylation is 3. The Morgan fingerprint density at radius 2 is 1.78 bits per heavy atom. The fourth-order valence-corrected chi connectivity index (χ4v) is 3.68. The summed E-state index contributed by atoms with van der Waals surface area (Å²) in [7, 11) is 3.41. The number of aromatic nitrogens is 3. The lowest BCUT2D eigenvalue weighted by Gasteiger charge is -2.15. The maximum absolute atomic E-state index is 12.7. The number of pyridine rings is 1. The quantitative estimate of drug-likeness (QED) is 0.521. The second-order valence-corrected chi connectivity index (χ2v) is 7.98. The van der Waals surface area contributed by atoms with Crippen molar-refractivity contribution < 1.29 is 14.3 Å². The van der Waals surface area contributed by atoms with Gasteiger partial charge >= 0.3 is 6.03 Å². The van der Waals surface area contributed by atoms with E-state index in [1.165, 1.54) is 0 Å². The number of fused-ring (bicyclic) bond motifs is 1. The van der Waals surface area contributed by atoms with Gasteiger partial charge in [-0.1, -0.05) is 12.1 Å². The van der Waals surface area contributed by atoms with Crippen molar-refractivity contribution in [3.05, 3.63) is 41.1 Å². The lowest BCUT2D eigenvalue weighted by atomic mass is 10.00. The minimum Gasteiger partial charge on any atom is -0.479 e. The maximum atomic E-state index is 12.7. The van der Waals surface area contributed by atoms with E-state index in [1.807, 2.05) is 40.8 Å². The molecule has 0 radical (unpaired) electrons. The Kier molecular flexibility index (Phi) is 6.97. The molecule has 32 heavy (non-hydrogen) atoms. The summed E-state index contributed by atoms with van der Waals surface area (Å²) in [6.07, 6.45) is 0.790. The largest absolute Gasteiger partial charge is 0.479 e. The molecule has 0 bridgehead atoms. The lowest BCUT2D eigenvalue weighted by molar-refractivity contribution is -0.116. The van der Waals surface area contributed by atoms with E-state index in [-0.39, 0.29) is 24.4 Å². The van der Waals surface area contributed by atoms with Crippen molar-refractivity contribution in [1.29, 1.82) is 0 Å². The second kappa shape index (κ2) is 9.67. The van der Waals surface area contributed by atoms with Gasteiger partial charge in [-0.05, 0) is 57.4 Å². The zero-order chi connectivity index (χ0) is 23.4. The van der Waals surface area contributed by atoms with Crippen LogP contribution >= 0.6 is 0 Å². The predicted molar refractivity (Wildman–Crippen MR) is 125 cm³/mol. The van der Waals surface area contributed by atoms with Crippen molar-refractivity contribution in [2.75, 3.05) is 17.7 Å². The minimum atomic E-state index is -0.322. The van der Waals surface area contributed by atoms with Crippen LogP contribution in [0.3, 0.4) is 0 Å². The first-order chi connectivity index (χ1) is 15.2. The number of ether oxygens (including phenoxy) is 1. The number of hydrogen-bond acceptors (Lipinski definition) is 5. The zero-order valence-electron chi connectivity index (χ0n) is 19.4. The monoisotopic (exact) mass is 438 g/mol. The number of nitrogens with zero attached hydrogens (tertiary/aromatic N) is 3. The number of amides is 3. The molecule has 2 aromatic heterocycles. The van der Waals surface area contributed by atoms with Crippen molar-refractivity contribution in [3.63, 3.8) is 0 Å². The van der Waals surface area contributed by atoms with Gasteiger partial charge in [-0.2, -0.15) is 0 Å². The molecule has 170 valence electrons. The van der Waals surface area contributed by atoms with Gasteiger partial charge in [0.25, 0.3) is 0 Å². The van der Waals surface area contributed by atoms with E-state index in [4.69, 9.17) is 4.74 Å². The Hall–Kier alpha value is -3.62. The summed E-state index contributed by atoms with van der Waals surface area (Å²) < 4.78 is 7.10. The highest BCUT2D eigenvalue weighted by Gasteiger charge is 2.19. The molecular weight excluding hydrogens is 408 g/mol. The van der Waals surface area contributed by atoms with E-state index < -0.39 is 0 Å². The molecule has 0 aliphatic rings. The molecule has 0 aliphatic heterocycles. The third-order valence-corrected chi connectivity index (χ3v) is 5.19. The van der Waals surface area contributed by atoms with Gasteiger partial charge in [0.05, 0.1) is 23.9 Å². The van der Waals surface area contributed by atoms with Crippen LogP contribution in [0.1, 0.15) is 37.1 Å². The van der Waals surface area contributed by atoms with Gasteiger partial charge in [0.15, 0.2) is 5.65 Å². The summed E-state index contributed by atoms with van der Waals surface area (Å²) in [5.74, 6) is 0.374. The van der Waals surface area contributed by atoms with Crippen LogP contribution in [0.4, 0.5) is 16.2 Å². The predicted octanol–water partition coefficient (Wildman–Crippen LogP) is 3.69. The number of benzene rings is 1. The van der Waals surface area contributed by atoms with Gasteiger partial charge in [0.2, 0.25) is 11.8 Å². The van der Waals surface area contributed by atoms with Crippen LogP contribution in [0.2, 0.25) is 0 Å². The Bertz CT molecular complexity index is 1150. The van der Waals surface area contributed by atoms with E-state index in [2.05, 4.69) is 26.0 Å². The molecule has 9 heteroatoms. The average Bonchev–Trinajstić information content (AvgIpc) is 3.04.